The number of benzene rings is 3. The molecule has 0 bridgehead atoms. The van der Waals surface area contributed by atoms with E-state index in [0.717, 1.165) is 37.0 Å². The number of aryl methyl sites for hydroxylation is 2. The van der Waals surface area contributed by atoms with Crippen molar-refractivity contribution in [3.63, 3.8) is 0 Å². The van der Waals surface area contributed by atoms with Crippen LogP contribution in [0.4, 0.5) is 0 Å². The fraction of sp³-hybridized carbons (Fsp3) is 0.500. The quantitative estimate of drug-likeness (QED) is 0.226. The Morgan fingerprint density at radius 2 is 1.22 bits per heavy atom. The van der Waals surface area contributed by atoms with Crippen LogP contribution in [0.5, 0.6) is 5.75 Å². The summed E-state index contributed by atoms with van der Waals surface area (Å²) in [6.45, 7) is 14.2. The Morgan fingerprint density at radius 1 is 0.703 bits per heavy atom. The van der Waals surface area contributed by atoms with Gasteiger partial charge < -0.3 is 4.74 Å². The molecule has 200 valence electrons. The maximum absolute atomic E-state index is 5.99. The minimum Gasteiger partial charge on any atom is -0.493 e. The van der Waals surface area contributed by atoms with Crippen molar-refractivity contribution in [2.75, 3.05) is 6.61 Å². The van der Waals surface area contributed by atoms with Crippen LogP contribution in [0.15, 0.2) is 72.8 Å². The van der Waals surface area contributed by atoms with Crippen molar-refractivity contribution < 1.29 is 4.74 Å². The lowest BCUT2D eigenvalue weighted by atomic mass is 9.84. The molecular formula is C36H50O. The maximum Gasteiger partial charge on any atom is 0.119 e. The van der Waals surface area contributed by atoms with Gasteiger partial charge in [0.2, 0.25) is 0 Å². The lowest BCUT2D eigenvalue weighted by molar-refractivity contribution is 0.256. The monoisotopic (exact) mass is 498 g/mol. The third kappa shape index (κ3) is 9.69. The van der Waals surface area contributed by atoms with Gasteiger partial charge in [0.15, 0.2) is 0 Å². The molecule has 0 heterocycles. The zero-order chi connectivity index (χ0) is 26.6. The second-order valence-electron chi connectivity index (χ2n) is 11.4. The molecule has 1 heteroatoms. The van der Waals surface area contributed by atoms with E-state index >= 15 is 0 Å². The number of hydrogen-bond acceptors (Lipinski definition) is 1. The van der Waals surface area contributed by atoms with Crippen LogP contribution in [0.1, 0.15) is 107 Å². The molecule has 3 unspecified atom stereocenters. The molecule has 1 aliphatic rings. The van der Waals surface area contributed by atoms with E-state index in [1.807, 2.05) is 0 Å². The van der Waals surface area contributed by atoms with Crippen molar-refractivity contribution in [3.8, 4) is 5.75 Å². The van der Waals surface area contributed by atoms with Crippen LogP contribution in [0.3, 0.4) is 0 Å². The van der Waals surface area contributed by atoms with Crippen LogP contribution in [0.25, 0.3) is 0 Å². The van der Waals surface area contributed by atoms with Crippen LogP contribution in [-0.2, 0) is 6.42 Å². The van der Waals surface area contributed by atoms with Crippen molar-refractivity contribution in [2.24, 2.45) is 17.8 Å². The van der Waals surface area contributed by atoms with Crippen LogP contribution in [-0.4, -0.2) is 6.61 Å². The number of hydrogen-bond donors (Lipinski definition) is 0. The molecular weight excluding hydrogens is 448 g/mol. The Hall–Kier alpha value is -2.54. The Balaban J connectivity index is 0.000000678. The third-order valence-corrected chi connectivity index (χ3v) is 8.07. The minimum absolute atomic E-state index is 0.225. The predicted molar refractivity (Wildman–Crippen MR) is 161 cm³/mol. The van der Waals surface area contributed by atoms with E-state index in [0.29, 0.717) is 5.92 Å². The van der Waals surface area contributed by atoms with Gasteiger partial charge in [-0.3, -0.25) is 0 Å². The smallest absolute Gasteiger partial charge is 0.119 e. The summed E-state index contributed by atoms with van der Waals surface area (Å²) in [6, 6.07) is 27.0. The molecule has 0 aliphatic heterocycles. The fourth-order valence-electron chi connectivity index (χ4n) is 4.47. The Labute approximate surface area is 227 Å². The summed E-state index contributed by atoms with van der Waals surface area (Å²) in [5.41, 5.74) is 6.70. The molecule has 0 amide bonds. The first kappa shape index (κ1) is 29.0. The predicted octanol–water partition coefficient (Wildman–Crippen LogP) is 10.4. The molecule has 0 radical (unpaired) electrons. The topological polar surface area (TPSA) is 9.23 Å². The van der Waals surface area contributed by atoms with Gasteiger partial charge in [-0.25, -0.2) is 0 Å². The van der Waals surface area contributed by atoms with Gasteiger partial charge in [0.1, 0.15) is 5.75 Å². The molecule has 37 heavy (non-hydrogen) atoms. The summed E-state index contributed by atoms with van der Waals surface area (Å²) in [7, 11) is 0. The van der Waals surface area contributed by atoms with Crippen LogP contribution in [0, 0.1) is 24.7 Å². The van der Waals surface area contributed by atoms with Crippen molar-refractivity contribution in [2.45, 2.75) is 92.4 Å². The highest BCUT2D eigenvalue weighted by Gasteiger charge is 2.18. The van der Waals surface area contributed by atoms with Crippen LogP contribution in [0.2, 0.25) is 0 Å². The molecule has 0 spiro atoms. The molecule has 3 atom stereocenters. The van der Waals surface area contributed by atoms with Gasteiger partial charge >= 0.3 is 0 Å². The molecule has 0 aromatic heterocycles. The highest BCUT2D eigenvalue weighted by atomic mass is 16.5. The maximum atomic E-state index is 5.99. The van der Waals surface area contributed by atoms with Crippen molar-refractivity contribution in [3.05, 3.63) is 101 Å². The highest BCUT2D eigenvalue weighted by Crippen LogP contribution is 2.34. The lowest BCUT2D eigenvalue weighted by Crippen LogP contribution is -2.08. The Morgan fingerprint density at radius 3 is 1.68 bits per heavy atom. The third-order valence-electron chi connectivity index (χ3n) is 8.07. The van der Waals surface area contributed by atoms with Gasteiger partial charge in [0, 0.05) is 5.92 Å². The first-order valence-electron chi connectivity index (χ1n) is 14.8. The van der Waals surface area contributed by atoms with E-state index in [4.69, 9.17) is 4.74 Å². The summed E-state index contributed by atoms with van der Waals surface area (Å²) >= 11 is 0. The van der Waals surface area contributed by atoms with Gasteiger partial charge in [-0.2, -0.15) is 0 Å². The van der Waals surface area contributed by atoms with E-state index in [9.17, 15) is 0 Å². The van der Waals surface area contributed by atoms with Gasteiger partial charge in [0.05, 0.1) is 6.61 Å². The lowest BCUT2D eigenvalue weighted by Gasteiger charge is -2.20. The van der Waals surface area contributed by atoms with Crippen molar-refractivity contribution >= 4 is 0 Å². The molecule has 3 aromatic carbocycles. The van der Waals surface area contributed by atoms with Gasteiger partial charge in [-0.05, 0) is 71.9 Å². The van der Waals surface area contributed by atoms with E-state index in [1.54, 1.807) is 0 Å². The van der Waals surface area contributed by atoms with Crippen LogP contribution < -0.4 is 4.74 Å². The molecule has 0 N–H and O–H groups in total. The van der Waals surface area contributed by atoms with Gasteiger partial charge in [-0.15, -0.1) is 0 Å². The second kappa shape index (κ2) is 15.0. The normalized spacial score (nSPS) is 15.3. The molecule has 1 nitrogen and oxygen atoms in total. The fourth-order valence-corrected chi connectivity index (χ4v) is 4.47. The zero-order valence-electron chi connectivity index (χ0n) is 24.3. The van der Waals surface area contributed by atoms with Crippen molar-refractivity contribution in [1.82, 2.24) is 0 Å². The van der Waals surface area contributed by atoms with Gasteiger partial charge in [-0.1, -0.05) is 133 Å². The highest BCUT2D eigenvalue weighted by molar-refractivity contribution is 5.45. The molecule has 4 rings (SSSR count). The summed E-state index contributed by atoms with van der Waals surface area (Å²) in [4.78, 5) is 0. The standard InChI is InChI=1S/C31H40O.C5H10/c1-6-23(3)8-11-26-12-16-28(17-13-26)31(27-14-9-25(5)10-15-27)29-18-20-30(21-19-29)32-22-24(4)7-2;1-2-5-3-4-5/h9-10,12-21,23-24,31H,6-8,11,22H2,1-5H3;5H,2-4H2,1H3. The summed E-state index contributed by atoms with van der Waals surface area (Å²) in [5, 5.41) is 0. The van der Waals surface area contributed by atoms with Crippen molar-refractivity contribution in [1.29, 1.82) is 0 Å². The second-order valence-corrected chi connectivity index (χ2v) is 11.4. The molecule has 1 fully saturated rings. The molecule has 1 aliphatic carbocycles. The Kier molecular flexibility index (Phi) is 11.8. The summed E-state index contributed by atoms with van der Waals surface area (Å²) < 4.78 is 5.99. The zero-order valence-corrected chi connectivity index (χ0v) is 24.3. The van der Waals surface area contributed by atoms with E-state index in [2.05, 4.69) is 114 Å². The summed E-state index contributed by atoms with van der Waals surface area (Å²) in [6.07, 6.45) is 9.25. The average molecular weight is 499 g/mol. The van der Waals surface area contributed by atoms with E-state index in [1.165, 1.54) is 59.9 Å². The van der Waals surface area contributed by atoms with Crippen LogP contribution >= 0.6 is 0 Å². The molecule has 3 aromatic rings. The minimum atomic E-state index is 0.225. The first-order valence-corrected chi connectivity index (χ1v) is 14.8. The SMILES string of the molecule is CCC(C)CCc1ccc(C(c2ccc(C)cc2)c2ccc(OCC(C)CC)cc2)cc1.CCC1CC1. The first-order chi connectivity index (χ1) is 17.9. The average Bonchev–Trinajstić information content (AvgIpc) is 3.78. The Bertz CT molecular complexity index is 954. The van der Waals surface area contributed by atoms with E-state index in [-0.39, 0.29) is 5.92 Å². The summed E-state index contributed by atoms with van der Waals surface area (Å²) in [5.74, 6) is 3.68. The largest absolute Gasteiger partial charge is 0.493 e. The molecule has 1 saturated carbocycles. The molecule has 0 saturated heterocycles. The number of rotatable bonds is 12. The van der Waals surface area contributed by atoms with Gasteiger partial charge in [0.25, 0.3) is 0 Å². The number of ether oxygens (including phenoxy) is 1. The van der Waals surface area contributed by atoms with E-state index < -0.39 is 0 Å².